The van der Waals surface area contributed by atoms with E-state index in [0.29, 0.717) is 0 Å². The van der Waals surface area contributed by atoms with E-state index in [-0.39, 0.29) is 16.6 Å². The summed E-state index contributed by atoms with van der Waals surface area (Å²) in [5.41, 5.74) is -1.14. The second-order valence-electron chi connectivity index (χ2n) is 7.93. The fourth-order valence-electron chi connectivity index (χ4n) is 2.38. The maximum Gasteiger partial charge on any atom is 0.551 e. The van der Waals surface area contributed by atoms with Gasteiger partial charge in [-0.3, -0.25) is 0 Å². The molecule has 1 saturated heterocycles. The van der Waals surface area contributed by atoms with E-state index < -0.39 is 12.7 Å². The van der Waals surface area contributed by atoms with Crippen molar-refractivity contribution in [2.75, 3.05) is 0 Å². The van der Waals surface area contributed by atoms with Gasteiger partial charge in [0.05, 0.1) is 11.2 Å². The molecule has 0 aromatic carbocycles. The average molecular weight is 293 g/mol. The van der Waals surface area contributed by atoms with Gasteiger partial charge in [0.25, 0.3) is 0 Å². The van der Waals surface area contributed by atoms with Gasteiger partial charge in [0.2, 0.25) is 10.5 Å². The molecule has 0 aliphatic carbocycles. The Balaban J connectivity index is 2.90. The number of hydrogen-bond acceptors (Lipinski definition) is 3. The summed E-state index contributed by atoms with van der Waals surface area (Å²) in [6.45, 7) is 16.6. The highest BCUT2D eigenvalue weighted by atomic mass is 28.2. The van der Waals surface area contributed by atoms with Crippen molar-refractivity contribution in [3.63, 3.8) is 0 Å². The molecule has 1 atom stereocenters. The Morgan fingerprint density at radius 1 is 1.10 bits per heavy atom. The first kappa shape index (κ1) is 17.8. The molecule has 20 heavy (non-hydrogen) atoms. The third-order valence-corrected chi connectivity index (χ3v) is 4.17. The summed E-state index contributed by atoms with van der Waals surface area (Å²) in [7, 11) is 2.51. The van der Waals surface area contributed by atoms with Crippen LogP contribution in [0.3, 0.4) is 0 Å². The molecule has 0 amide bonds. The highest BCUT2D eigenvalue weighted by Gasteiger charge is 2.55. The van der Waals surface area contributed by atoms with E-state index in [2.05, 4.69) is 63.8 Å². The van der Waals surface area contributed by atoms with Crippen LogP contribution in [0, 0.1) is 17.2 Å². The van der Waals surface area contributed by atoms with E-state index in [1.54, 1.807) is 0 Å². The van der Waals surface area contributed by atoms with Gasteiger partial charge < -0.3 is 13.7 Å². The lowest BCUT2D eigenvalue weighted by atomic mass is 9.75. The molecule has 1 rings (SSSR count). The average Bonchev–Trinajstić information content (AvgIpc) is 2.44. The molecule has 1 heterocycles. The van der Waals surface area contributed by atoms with Crippen LogP contribution in [0.15, 0.2) is 0 Å². The SMILES string of the molecule is CC(C)(C)CC1(C)OB(C#CC(C)(C)O[Si])OC1(C)C. The smallest absolute Gasteiger partial charge is 0.403 e. The van der Waals surface area contributed by atoms with Gasteiger partial charge in [0.1, 0.15) is 5.60 Å². The summed E-state index contributed by atoms with van der Waals surface area (Å²) in [5.74, 6) is 6.04. The molecule has 1 aliphatic heterocycles. The molecular weight excluding hydrogens is 267 g/mol. The van der Waals surface area contributed by atoms with Gasteiger partial charge in [0.15, 0.2) is 0 Å². The van der Waals surface area contributed by atoms with Gasteiger partial charge in [0, 0.05) is 0 Å². The lowest BCUT2D eigenvalue weighted by Crippen LogP contribution is -2.47. The highest BCUT2D eigenvalue weighted by molar-refractivity contribution is 6.55. The molecule has 0 saturated carbocycles. The summed E-state index contributed by atoms with van der Waals surface area (Å²) < 4.78 is 17.2. The standard InChI is InChI=1S/C15H26BO3Si/c1-12(2,3)11-15(8)14(6,7)17-16(18-15)10-9-13(4,5)19-20/h11H2,1-8H3. The minimum Gasteiger partial charge on any atom is -0.403 e. The minimum atomic E-state index is -0.573. The zero-order valence-electron chi connectivity index (χ0n) is 14.0. The normalized spacial score (nSPS) is 26.4. The van der Waals surface area contributed by atoms with Crippen LogP contribution in [-0.4, -0.2) is 34.4 Å². The lowest BCUT2D eigenvalue weighted by molar-refractivity contribution is -0.0367. The Labute approximate surface area is 127 Å². The summed E-state index contributed by atoms with van der Waals surface area (Å²) in [4.78, 5) is 0. The van der Waals surface area contributed by atoms with Crippen LogP contribution < -0.4 is 0 Å². The van der Waals surface area contributed by atoms with Gasteiger partial charge >= 0.3 is 7.12 Å². The van der Waals surface area contributed by atoms with Crippen molar-refractivity contribution in [2.45, 2.75) is 78.6 Å². The Kier molecular flexibility index (Phi) is 4.88. The van der Waals surface area contributed by atoms with Crippen LogP contribution in [0.25, 0.3) is 0 Å². The predicted molar refractivity (Wildman–Crippen MR) is 83.2 cm³/mol. The molecule has 0 bridgehead atoms. The van der Waals surface area contributed by atoms with Crippen molar-refractivity contribution >= 4 is 17.6 Å². The predicted octanol–water partition coefficient (Wildman–Crippen LogP) is 2.92. The van der Waals surface area contributed by atoms with Gasteiger partial charge in [-0.25, -0.2) is 0 Å². The largest absolute Gasteiger partial charge is 0.551 e. The van der Waals surface area contributed by atoms with Gasteiger partial charge in [-0.2, -0.15) is 0 Å². The Bertz CT molecular complexity index is 417. The van der Waals surface area contributed by atoms with Crippen molar-refractivity contribution < 1.29 is 13.7 Å². The van der Waals surface area contributed by atoms with E-state index in [1.807, 2.05) is 13.8 Å². The molecule has 3 radical (unpaired) electrons. The minimum absolute atomic E-state index is 0.162. The third-order valence-electron chi connectivity index (χ3n) is 3.66. The zero-order valence-corrected chi connectivity index (χ0v) is 15.0. The van der Waals surface area contributed by atoms with Crippen LogP contribution in [0.1, 0.15) is 61.8 Å². The summed E-state index contributed by atoms with van der Waals surface area (Å²) in [6, 6.07) is 0. The van der Waals surface area contributed by atoms with E-state index in [4.69, 9.17) is 13.7 Å². The topological polar surface area (TPSA) is 27.7 Å². The van der Waals surface area contributed by atoms with E-state index in [9.17, 15) is 0 Å². The lowest BCUT2D eigenvalue weighted by Gasteiger charge is -2.40. The van der Waals surface area contributed by atoms with E-state index >= 15 is 0 Å². The molecule has 0 aromatic rings. The maximum atomic E-state index is 6.11. The summed E-state index contributed by atoms with van der Waals surface area (Å²) >= 11 is 0. The Morgan fingerprint density at radius 2 is 1.65 bits per heavy atom. The van der Waals surface area contributed by atoms with Crippen LogP contribution in [0.4, 0.5) is 0 Å². The Hall–Kier alpha value is -0.278. The van der Waals surface area contributed by atoms with Gasteiger partial charge in [-0.1, -0.05) is 32.5 Å². The molecular formula is C15H26BO3Si. The number of rotatable bonds is 2. The molecule has 0 spiro atoms. The van der Waals surface area contributed by atoms with Crippen molar-refractivity contribution in [3.05, 3.63) is 0 Å². The molecule has 5 heteroatoms. The van der Waals surface area contributed by atoms with Crippen LogP contribution in [0.5, 0.6) is 0 Å². The second kappa shape index (κ2) is 5.49. The first-order valence-electron chi connectivity index (χ1n) is 7.03. The molecule has 3 nitrogen and oxygen atoms in total. The maximum absolute atomic E-state index is 6.11. The van der Waals surface area contributed by atoms with Crippen molar-refractivity contribution in [2.24, 2.45) is 5.41 Å². The second-order valence-corrected chi connectivity index (χ2v) is 8.13. The van der Waals surface area contributed by atoms with Crippen LogP contribution >= 0.6 is 0 Å². The van der Waals surface area contributed by atoms with E-state index in [0.717, 1.165) is 6.42 Å². The van der Waals surface area contributed by atoms with Gasteiger partial charge in [-0.15, -0.1) is 0 Å². The van der Waals surface area contributed by atoms with Crippen LogP contribution in [0.2, 0.25) is 0 Å². The summed E-state index contributed by atoms with van der Waals surface area (Å²) in [5, 5.41) is 0. The molecule has 0 aromatic heterocycles. The highest BCUT2D eigenvalue weighted by Crippen LogP contribution is 2.44. The summed E-state index contributed by atoms with van der Waals surface area (Å²) in [6.07, 6.45) is 0.906. The fourth-order valence-corrected chi connectivity index (χ4v) is 2.43. The third kappa shape index (κ3) is 4.36. The monoisotopic (exact) mass is 293 g/mol. The molecule has 1 fully saturated rings. The molecule has 0 N–H and O–H groups in total. The van der Waals surface area contributed by atoms with Crippen molar-refractivity contribution in [3.8, 4) is 11.7 Å². The molecule has 1 unspecified atom stereocenters. The molecule has 111 valence electrons. The fraction of sp³-hybridized carbons (Fsp3) is 0.867. The number of hydrogen-bond donors (Lipinski definition) is 0. The molecule has 1 aliphatic rings. The van der Waals surface area contributed by atoms with Crippen molar-refractivity contribution in [1.29, 1.82) is 0 Å². The zero-order chi connectivity index (χ0) is 15.8. The first-order valence-corrected chi connectivity index (χ1v) is 7.44. The van der Waals surface area contributed by atoms with Crippen molar-refractivity contribution in [1.82, 2.24) is 0 Å². The quantitative estimate of drug-likeness (QED) is 0.579. The Morgan fingerprint density at radius 3 is 2.10 bits per heavy atom. The van der Waals surface area contributed by atoms with Gasteiger partial charge in [-0.05, 0) is 46.5 Å². The first-order chi connectivity index (χ1) is 8.80. The van der Waals surface area contributed by atoms with E-state index in [1.165, 1.54) is 0 Å². The van der Waals surface area contributed by atoms with Crippen LogP contribution in [-0.2, 0) is 13.7 Å².